The lowest BCUT2D eigenvalue weighted by Gasteiger charge is -2.38. The van der Waals surface area contributed by atoms with Crippen molar-refractivity contribution in [3.63, 3.8) is 0 Å². The molecule has 146 valence electrons. The Morgan fingerprint density at radius 2 is 1.71 bits per heavy atom. The molecule has 0 amide bonds. The Hall–Kier alpha value is -2.53. The van der Waals surface area contributed by atoms with Crippen LogP contribution in [-0.4, -0.2) is 47.4 Å². The second-order valence-corrected chi connectivity index (χ2v) is 7.94. The molecule has 2 atom stereocenters. The number of aromatic nitrogens is 2. The summed E-state index contributed by atoms with van der Waals surface area (Å²) in [6, 6.07) is 17.6. The maximum absolute atomic E-state index is 6.03. The SMILES string of the molecule is COc1ccccc1OCCN1C2CCC1CC(c1[nH]nc3ccccc13)C2. The van der Waals surface area contributed by atoms with Gasteiger partial charge in [0.2, 0.25) is 0 Å². The third kappa shape index (κ3) is 3.14. The number of rotatable bonds is 6. The summed E-state index contributed by atoms with van der Waals surface area (Å²) in [6.45, 7) is 1.68. The fourth-order valence-electron chi connectivity index (χ4n) is 5.16. The predicted octanol–water partition coefficient (Wildman–Crippen LogP) is 4.36. The van der Waals surface area contributed by atoms with Gasteiger partial charge in [-0.15, -0.1) is 0 Å². The molecule has 28 heavy (non-hydrogen) atoms. The van der Waals surface area contributed by atoms with E-state index in [-0.39, 0.29) is 0 Å². The van der Waals surface area contributed by atoms with Crippen LogP contribution in [0.4, 0.5) is 0 Å². The number of hydrogen-bond acceptors (Lipinski definition) is 4. The summed E-state index contributed by atoms with van der Waals surface area (Å²) in [5.41, 5.74) is 2.41. The molecule has 5 nitrogen and oxygen atoms in total. The molecule has 1 N–H and O–H groups in total. The number of hydrogen-bond donors (Lipinski definition) is 1. The molecule has 5 heteroatoms. The van der Waals surface area contributed by atoms with Gasteiger partial charge >= 0.3 is 0 Å². The van der Waals surface area contributed by atoms with Gasteiger partial charge in [-0.1, -0.05) is 30.3 Å². The van der Waals surface area contributed by atoms with E-state index in [2.05, 4.69) is 39.4 Å². The minimum atomic E-state index is 0.580. The van der Waals surface area contributed by atoms with Gasteiger partial charge in [0.1, 0.15) is 6.61 Å². The lowest BCUT2D eigenvalue weighted by atomic mass is 9.87. The molecule has 2 aliphatic rings. The largest absolute Gasteiger partial charge is 0.493 e. The standard InChI is InChI=1S/C23H27N3O2/c1-27-21-8-4-5-9-22(21)28-13-12-26-17-10-11-18(26)15-16(14-17)23-19-6-2-3-7-20(19)24-25-23/h2-9,16-18H,10-15H2,1H3,(H,24,25). The minimum Gasteiger partial charge on any atom is -0.493 e. The van der Waals surface area contributed by atoms with Crippen molar-refractivity contribution in [3.8, 4) is 11.5 Å². The van der Waals surface area contributed by atoms with E-state index in [1.54, 1.807) is 7.11 Å². The van der Waals surface area contributed by atoms with Crippen molar-refractivity contribution in [2.75, 3.05) is 20.3 Å². The fraction of sp³-hybridized carbons (Fsp3) is 0.435. The molecule has 0 aliphatic carbocycles. The number of nitrogens with one attached hydrogen (secondary N) is 1. The molecule has 2 saturated heterocycles. The van der Waals surface area contributed by atoms with E-state index in [4.69, 9.17) is 9.47 Å². The van der Waals surface area contributed by atoms with E-state index in [0.717, 1.165) is 23.6 Å². The molecular weight excluding hydrogens is 350 g/mol. The molecule has 5 rings (SSSR count). The molecule has 0 spiro atoms. The van der Waals surface area contributed by atoms with E-state index in [1.165, 1.54) is 36.8 Å². The number of para-hydroxylation sites is 3. The Bertz CT molecular complexity index is 940. The van der Waals surface area contributed by atoms with Gasteiger partial charge in [0.25, 0.3) is 0 Å². The Kier molecular flexibility index (Phi) is 4.69. The van der Waals surface area contributed by atoms with Gasteiger partial charge in [0.05, 0.1) is 12.6 Å². The second-order valence-electron chi connectivity index (χ2n) is 7.94. The van der Waals surface area contributed by atoms with Crippen LogP contribution in [0.25, 0.3) is 10.9 Å². The van der Waals surface area contributed by atoms with Crippen molar-refractivity contribution in [2.45, 2.75) is 43.7 Å². The van der Waals surface area contributed by atoms with Gasteiger partial charge in [-0.25, -0.2) is 0 Å². The highest BCUT2D eigenvalue weighted by molar-refractivity contribution is 5.81. The number of fused-ring (bicyclic) bond motifs is 3. The van der Waals surface area contributed by atoms with Crippen LogP contribution in [0, 0.1) is 0 Å². The Labute approximate surface area is 165 Å². The topological polar surface area (TPSA) is 50.4 Å². The molecule has 2 bridgehead atoms. The molecule has 2 aromatic carbocycles. The first-order valence-corrected chi connectivity index (χ1v) is 10.3. The normalized spacial score (nSPS) is 24.5. The zero-order valence-electron chi connectivity index (χ0n) is 16.3. The van der Waals surface area contributed by atoms with Gasteiger partial charge in [0, 0.05) is 35.6 Å². The molecule has 2 aliphatic heterocycles. The minimum absolute atomic E-state index is 0.580. The van der Waals surface area contributed by atoms with Crippen LogP contribution in [0.3, 0.4) is 0 Å². The van der Waals surface area contributed by atoms with E-state index >= 15 is 0 Å². The van der Waals surface area contributed by atoms with Crippen molar-refractivity contribution >= 4 is 10.9 Å². The van der Waals surface area contributed by atoms with Gasteiger partial charge in [-0.2, -0.15) is 5.10 Å². The second kappa shape index (κ2) is 7.47. The third-order valence-electron chi connectivity index (χ3n) is 6.46. The summed E-state index contributed by atoms with van der Waals surface area (Å²) in [4.78, 5) is 2.67. The van der Waals surface area contributed by atoms with Gasteiger partial charge in [-0.05, 0) is 43.9 Å². The van der Waals surface area contributed by atoms with Crippen LogP contribution in [0.1, 0.15) is 37.3 Å². The van der Waals surface area contributed by atoms with Gasteiger partial charge < -0.3 is 9.47 Å². The maximum Gasteiger partial charge on any atom is 0.161 e. The van der Waals surface area contributed by atoms with Crippen molar-refractivity contribution in [1.29, 1.82) is 0 Å². The molecule has 2 fully saturated rings. The zero-order chi connectivity index (χ0) is 18.9. The molecule has 1 aromatic heterocycles. The van der Waals surface area contributed by atoms with Crippen LogP contribution in [0.2, 0.25) is 0 Å². The van der Waals surface area contributed by atoms with Crippen LogP contribution in [0.15, 0.2) is 48.5 Å². The summed E-state index contributed by atoms with van der Waals surface area (Å²) in [5.74, 6) is 2.21. The highest BCUT2D eigenvalue weighted by Gasteiger charge is 2.41. The fourth-order valence-corrected chi connectivity index (χ4v) is 5.16. The van der Waals surface area contributed by atoms with Crippen molar-refractivity contribution < 1.29 is 9.47 Å². The number of methoxy groups -OCH3 is 1. The van der Waals surface area contributed by atoms with Crippen molar-refractivity contribution in [2.24, 2.45) is 0 Å². The first kappa shape index (κ1) is 17.6. The predicted molar refractivity (Wildman–Crippen MR) is 110 cm³/mol. The average Bonchev–Trinajstić information content (AvgIpc) is 3.26. The summed E-state index contributed by atoms with van der Waals surface area (Å²) in [7, 11) is 1.69. The molecular formula is C23H27N3O2. The molecule has 0 radical (unpaired) electrons. The maximum atomic E-state index is 6.03. The Morgan fingerprint density at radius 3 is 2.50 bits per heavy atom. The lowest BCUT2D eigenvalue weighted by molar-refractivity contribution is 0.104. The van der Waals surface area contributed by atoms with E-state index in [0.29, 0.717) is 24.6 Å². The molecule has 0 saturated carbocycles. The molecule has 3 heterocycles. The van der Waals surface area contributed by atoms with Crippen LogP contribution >= 0.6 is 0 Å². The number of nitrogens with zero attached hydrogens (tertiary/aromatic N) is 2. The summed E-state index contributed by atoms with van der Waals surface area (Å²) in [5, 5.41) is 9.14. The van der Waals surface area contributed by atoms with E-state index in [9.17, 15) is 0 Å². The summed E-state index contributed by atoms with van der Waals surface area (Å²) < 4.78 is 11.4. The van der Waals surface area contributed by atoms with E-state index < -0.39 is 0 Å². The Balaban J connectivity index is 1.24. The quantitative estimate of drug-likeness (QED) is 0.693. The van der Waals surface area contributed by atoms with Gasteiger partial charge in [-0.3, -0.25) is 10.00 Å². The Morgan fingerprint density at radius 1 is 1.00 bits per heavy atom. The smallest absolute Gasteiger partial charge is 0.161 e. The number of ether oxygens (including phenoxy) is 2. The summed E-state index contributed by atoms with van der Waals surface area (Å²) >= 11 is 0. The van der Waals surface area contributed by atoms with Crippen LogP contribution in [-0.2, 0) is 0 Å². The van der Waals surface area contributed by atoms with Crippen LogP contribution < -0.4 is 9.47 Å². The number of piperidine rings is 1. The van der Waals surface area contributed by atoms with Crippen molar-refractivity contribution in [3.05, 3.63) is 54.2 Å². The monoisotopic (exact) mass is 377 g/mol. The highest BCUT2D eigenvalue weighted by atomic mass is 16.5. The lowest BCUT2D eigenvalue weighted by Crippen LogP contribution is -2.44. The summed E-state index contributed by atoms with van der Waals surface area (Å²) in [6.07, 6.45) is 5.00. The third-order valence-corrected chi connectivity index (χ3v) is 6.46. The average molecular weight is 377 g/mol. The number of benzene rings is 2. The van der Waals surface area contributed by atoms with Crippen LogP contribution in [0.5, 0.6) is 11.5 Å². The molecule has 2 unspecified atom stereocenters. The first-order chi connectivity index (χ1) is 13.8. The highest BCUT2D eigenvalue weighted by Crippen LogP contribution is 2.43. The number of aromatic amines is 1. The number of H-pyrrole nitrogens is 1. The zero-order valence-corrected chi connectivity index (χ0v) is 16.3. The first-order valence-electron chi connectivity index (χ1n) is 10.3. The van der Waals surface area contributed by atoms with Gasteiger partial charge in [0.15, 0.2) is 11.5 Å². The van der Waals surface area contributed by atoms with E-state index in [1.807, 2.05) is 24.3 Å². The van der Waals surface area contributed by atoms with Crippen molar-refractivity contribution in [1.82, 2.24) is 15.1 Å². The molecule has 3 aromatic rings.